The van der Waals surface area contributed by atoms with E-state index in [1.54, 1.807) is 0 Å². The summed E-state index contributed by atoms with van der Waals surface area (Å²) < 4.78 is 114. The molecule has 0 rings (SSSR count). The van der Waals surface area contributed by atoms with Gasteiger partial charge in [-0.25, -0.2) is 0 Å². The second kappa shape index (κ2) is 13.8. The topological polar surface area (TPSA) is 274 Å². The summed E-state index contributed by atoms with van der Waals surface area (Å²) in [6.45, 7) is -1.19. The molecule has 0 amide bonds. The monoisotopic (exact) mass is 636 g/mol. The van der Waals surface area contributed by atoms with E-state index >= 15 is 0 Å². The van der Waals surface area contributed by atoms with E-state index in [2.05, 4.69) is 49.7 Å². The number of rotatable bonds is 15. The first-order valence-electron chi connectivity index (χ1n) is 8.70. The van der Waals surface area contributed by atoms with Gasteiger partial charge < -0.3 is 11.5 Å². The summed E-state index contributed by atoms with van der Waals surface area (Å²) in [6, 6.07) is 0. The highest BCUT2D eigenvalue weighted by Crippen LogP contribution is 2.20. The third-order valence-electron chi connectivity index (χ3n) is 2.93. The Balaban J connectivity index is 7.13. The summed E-state index contributed by atoms with van der Waals surface area (Å²) in [7, 11) is -17.8. The van der Waals surface area contributed by atoms with Crippen LogP contribution in [0.1, 0.15) is 0 Å². The van der Waals surface area contributed by atoms with E-state index in [0.29, 0.717) is 31.2 Å². The van der Waals surface area contributed by atoms with Gasteiger partial charge >= 0.3 is 0 Å². The van der Waals surface area contributed by atoms with E-state index in [9.17, 15) is 33.7 Å². The molecule has 0 saturated carbocycles. The average molecular weight is 637 g/mol. The fourth-order valence-corrected chi connectivity index (χ4v) is 4.32. The van der Waals surface area contributed by atoms with Crippen molar-refractivity contribution in [1.29, 1.82) is 0 Å². The molecule has 0 aromatic rings. The van der Waals surface area contributed by atoms with E-state index in [1.165, 1.54) is 0 Å². The Morgan fingerprint density at radius 2 is 1.28 bits per heavy atom. The molecular weight excluding hydrogens is 613 g/mol. The zero-order chi connectivity index (χ0) is 28.5. The molecule has 0 aromatic carbocycles. The molecular formula is C12H24N6O12S6. The molecule has 0 aliphatic carbocycles. The van der Waals surface area contributed by atoms with Gasteiger partial charge in [-0.2, -0.15) is 43.9 Å². The lowest BCUT2D eigenvalue weighted by molar-refractivity contribution is -0.00683. The Morgan fingerprint density at radius 3 is 1.67 bits per heavy atom. The molecule has 6 N–H and O–H groups in total. The SMILES string of the molecule is CS(=O)(=O)OC[C@H](OS(C)(=O)=O)[C@@H](OS(C)(=O)=O)[C@H](OS(C)(=O)=O)C(C=NNC(N)=S)=NNC(N)=S. The van der Waals surface area contributed by atoms with Crippen molar-refractivity contribution in [2.45, 2.75) is 18.3 Å². The largest absolute Gasteiger partial charge is 0.375 e. The first-order valence-corrected chi connectivity index (χ1v) is 16.8. The number of nitrogens with zero attached hydrogens (tertiary/aromatic N) is 2. The summed E-state index contributed by atoms with van der Waals surface area (Å²) in [4.78, 5) is 0. The van der Waals surface area contributed by atoms with Crippen LogP contribution in [0.2, 0.25) is 0 Å². The van der Waals surface area contributed by atoms with Gasteiger partial charge in [-0.15, -0.1) is 0 Å². The molecule has 0 bridgehead atoms. The Kier molecular flexibility index (Phi) is 13.1. The zero-order valence-electron chi connectivity index (χ0n) is 18.9. The first kappa shape index (κ1) is 34.4. The van der Waals surface area contributed by atoms with Crippen LogP contribution in [0.15, 0.2) is 10.2 Å². The van der Waals surface area contributed by atoms with Crippen molar-refractivity contribution in [1.82, 2.24) is 10.9 Å². The quantitative estimate of drug-likeness (QED) is 0.0577. The van der Waals surface area contributed by atoms with Crippen molar-refractivity contribution in [2.75, 3.05) is 31.6 Å². The highest BCUT2D eigenvalue weighted by atomic mass is 32.2. The van der Waals surface area contributed by atoms with Crippen LogP contribution in [0.3, 0.4) is 0 Å². The number of thiocarbonyl (C=S) groups is 2. The van der Waals surface area contributed by atoms with Crippen LogP contribution in [-0.2, 0) is 57.2 Å². The summed E-state index contributed by atoms with van der Waals surface area (Å²) >= 11 is 9.17. The van der Waals surface area contributed by atoms with E-state index < -0.39 is 76.2 Å². The first-order chi connectivity index (χ1) is 16.0. The Morgan fingerprint density at radius 1 is 0.806 bits per heavy atom. The van der Waals surface area contributed by atoms with Crippen LogP contribution < -0.4 is 22.3 Å². The van der Waals surface area contributed by atoms with Crippen LogP contribution in [-0.4, -0.2) is 106 Å². The van der Waals surface area contributed by atoms with Crippen molar-refractivity contribution in [3.8, 4) is 0 Å². The minimum absolute atomic E-state index is 0.364. The van der Waals surface area contributed by atoms with Gasteiger partial charge in [0.2, 0.25) is 0 Å². The zero-order valence-corrected chi connectivity index (χ0v) is 23.8. The van der Waals surface area contributed by atoms with Gasteiger partial charge in [0.15, 0.2) is 16.3 Å². The van der Waals surface area contributed by atoms with Gasteiger partial charge in [0.1, 0.15) is 17.9 Å². The van der Waals surface area contributed by atoms with E-state index in [1.807, 2.05) is 0 Å². The standard InChI is InChI=1S/C12H24N6O12S6/c1-33(19,20)27-6-8(28-34(2,21)22)10(30-36(4,25)26)9(29-35(3,23)24)7(16-18-12(14)32)5-15-17-11(13)31/h5,8-10H,6H2,1-4H3,(H3,13,17,31)(H3,14,18,32)/t8-,9+,10+/m0/s1. The van der Waals surface area contributed by atoms with Gasteiger partial charge in [0.05, 0.1) is 37.8 Å². The lowest BCUT2D eigenvalue weighted by Gasteiger charge is -2.30. The number of hydrogen-bond donors (Lipinski definition) is 4. The normalized spacial score (nSPS) is 16.3. The second-order valence-corrected chi connectivity index (χ2v) is 13.9. The molecule has 0 heterocycles. The minimum atomic E-state index is -4.56. The van der Waals surface area contributed by atoms with Gasteiger partial charge in [0, 0.05) is 0 Å². The Bertz CT molecular complexity index is 1290. The van der Waals surface area contributed by atoms with Crippen molar-refractivity contribution < 1.29 is 50.4 Å². The maximum Gasteiger partial charge on any atom is 0.265 e. The van der Waals surface area contributed by atoms with Crippen molar-refractivity contribution in [3.63, 3.8) is 0 Å². The third-order valence-corrected chi connectivity index (χ3v) is 5.40. The highest BCUT2D eigenvalue weighted by molar-refractivity contribution is 7.86. The molecule has 210 valence electrons. The van der Waals surface area contributed by atoms with E-state index in [0.717, 1.165) is 0 Å². The summed E-state index contributed by atoms with van der Waals surface area (Å²) in [5.41, 5.74) is 14.0. The molecule has 24 heteroatoms. The van der Waals surface area contributed by atoms with Crippen LogP contribution in [0.4, 0.5) is 0 Å². The van der Waals surface area contributed by atoms with E-state index in [4.69, 9.17) is 24.0 Å². The number of hydrogen-bond acceptors (Lipinski definition) is 16. The molecule has 18 nitrogen and oxygen atoms in total. The molecule has 0 spiro atoms. The fourth-order valence-electron chi connectivity index (χ4n) is 2.01. The van der Waals surface area contributed by atoms with Gasteiger partial charge in [-0.1, -0.05) is 0 Å². The number of nitrogens with one attached hydrogen (secondary N) is 2. The number of nitrogens with two attached hydrogens (primary N) is 2. The maximum atomic E-state index is 12.0. The molecule has 0 aliphatic rings. The molecule has 0 saturated heterocycles. The van der Waals surface area contributed by atoms with Crippen LogP contribution in [0.25, 0.3) is 0 Å². The van der Waals surface area contributed by atoms with Gasteiger partial charge in [-0.3, -0.25) is 27.6 Å². The van der Waals surface area contributed by atoms with E-state index in [-0.39, 0.29) is 5.11 Å². The predicted octanol–water partition coefficient (Wildman–Crippen LogP) is -3.99. The van der Waals surface area contributed by atoms with Crippen molar-refractivity contribution in [2.24, 2.45) is 21.7 Å². The second-order valence-electron chi connectivity index (χ2n) is 6.56. The molecule has 0 unspecified atom stereocenters. The summed E-state index contributed by atoms with van der Waals surface area (Å²) in [5, 5.41) is 6.35. The predicted molar refractivity (Wildman–Crippen MR) is 136 cm³/mol. The smallest absolute Gasteiger partial charge is 0.265 e. The molecule has 36 heavy (non-hydrogen) atoms. The molecule has 0 aromatic heterocycles. The highest BCUT2D eigenvalue weighted by Gasteiger charge is 2.42. The molecule has 0 fully saturated rings. The van der Waals surface area contributed by atoms with Crippen molar-refractivity contribution in [3.05, 3.63) is 0 Å². The Hall–Kier alpha value is -1.64. The average Bonchev–Trinajstić information content (AvgIpc) is 2.61. The molecule has 0 aliphatic heterocycles. The van der Waals surface area contributed by atoms with Crippen LogP contribution in [0.5, 0.6) is 0 Å². The molecule has 3 atom stereocenters. The fraction of sp³-hybridized carbons (Fsp3) is 0.667. The minimum Gasteiger partial charge on any atom is -0.375 e. The lowest BCUT2D eigenvalue weighted by Crippen LogP contribution is -2.51. The van der Waals surface area contributed by atoms with Gasteiger partial charge in [-0.05, 0) is 24.4 Å². The lowest BCUT2D eigenvalue weighted by atomic mass is 10.0. The van der Waals surface area contributed by atoms with Crippen LogP contribution >= 0.6 is 24.4 Å². The van der Waals surface area contributed by atoms with Gasteiger partial charge in [0.25, 0.3) is 40.5 Å². The Labute approximate surface area is 219 Å². The molecule has 0 radical (unpaired) electrons. The van der Waals surface area contributed by atoms with Crippen LogP contribution in [0, 0.1) is 0 Å². The van der Waals surface area contributed by atoms with Crippen molar-refractivity contribution >= 4 is 87.1 Å². The summed E-state index contributed by atoms with van der Waals surface area (Å²) in [6.07, 6.45) is -3.80. The maximum absolute atomic E-state index is 12.0. The summed E-state index contributed by atoms with van der Waals surface area (Å²) in [5.74, 6) is 0. The number of hydrazone groups is 2. The third kappa shape index (κ3) is 17.7.